The number of phenols is 1. The first-order valence-corrected chi connectivity index (χ1v) is 11.8. The predicted molar refractivity (Wildman–Crippen MR) is 133 cm³/mol. The zero-order valence-electron chi connectivity index (χ0n) is 20.3. The number of methoxy groups -OCH3 is 1. The van der Waals surface area contributed by atoms with E-state index in [0.717, 1.165) is 5.56 Å². The molecule has 1 amide bonds. The molecule has 0 aliphatic rings. The van der Waals surface area contributed by atoms with Gasteiger partial charge in [-0.2, -0.15) is 0 Å². The lowest BCUT2D eigenvalue weighted by Gasteiger charge is -2.22. The highest BCUT2D eigenvalue weighted by atomic mass is 79.9. The Morgan fingerprint density at radius 2 is 1.79 bits per heavy atom. The molecule has 0 saturated heterocycles. The molecule has 0 bridgehead atoms. The van der Waals surface area contributed by atoms with Gasteiger partial charge in [0.25, 0.3) is 0 Å². The Morgan fingerprint density at radius 1 is 1.09 bits per heavy atom. The second-order valence-electron chi connectivity index (χ2n) is 9.45. The van der Waals surface area contributed by atoms with Crippen LogP contribution in [-0.4, -0.2) is 37.2 Å². The number of carbonyl (C=O) groups excluding carboxylic acids is 2. The van der Waals surface area contributed by atoms with E-state index < -0.39 is 5.41 Å². The van der Waals surface area contributed by atoms with Crippen LogP contribution in [0.15, 0.2) is 34.8 Å². The molecule has 1 unspecified atom stereocenters. The van der Waals surface area contributed by atoms with Crippen molar-refractivity contribution < 1.29 is 24.2 Å². The molecular formula is C26H34BrNO5. The van der Waals surface area contributed by atoms with Crippen molar-refractivity contribution in [3.05, 3.63) is 57.1 Å². The third kappa shape index (κ3) is 8.07. The molecule has 0 heterocycles. The lowest BCUT2D eigenvalue weighted by atomic mass is 9.95. The smallest absolute Gasteiger partial charge is 0.311 e. The predicted octanol–water partition coefficient (Wildman–Crippen LogP) is 4.89. The molecule has 0 saturated carbocycles. The Balaban J connectivity index is 2.06. The number of aryl methyl sites for hydroxylation is 2. The van der Waals surface area contributed by atoms with Crippen LogP contribution in [0, 0.1) is 25.2 Å². The summed E-state index contributed by atoms with van der Waals surface area (Å²) >= 11 is 3.28. The summed E-state index contributed by atoms with van der Waals surface area (Å²) in [6.45, 7) is 10.2. The van der Waals surface area contributed by atoms with Crippen molar-refractivity contribution in [2.45, 2.75) is 47.5 Å². The largest absolute Gasteiger partial charge is 0.503 e. The fourth-order valence-corrected chi connectivity index (χ4v) is 3.74. The van der Waals surface area contributed by atoms with Crippen LogP contribution < -0.4 is 10.1 Å². The minimum Gasteiger partial charge on any atom is -0.503 e. The average Bonchev–Trinajstić information content (AvgIpc) is 2.74. The van der Waals surface area contributed by atoms with Crippen molar-refractivity contribution in [1.29, 1.82) is 0 Å². The molecule has 7 heteroatoms. The molecular weight excluding hydrogens is 486 g/mol. The number of esters is 1. The van der Waals surface area contributed by atoms with Gasteiger partial charge in [0.1, 0.15) is 0 Å². The van der Waals surface area contributed by atoms with Crippen LogP contribution in [-0.2, 0) is 27.2 Å². The summed E-state index contributed by atoms with van der Waals surface area (Å²) in [4.78, 5) is 24.9. The van der Waals surface area contributed by atoms with Crippen molar-refractivity contribution in [3.63, 3.8) is 0 Å². The second-order valence-corrected chi connectivity index (χ2v) is 10.3. The molecule has 0 fully saturated rings. The van der Waals surface area contributed by atoms with Gasteiger partial charge in [0.2, 0.25) is 5.91 Å². The number of rotatable bonds is 9. The highest BCUT2D eigenvalue weighted by Crippen LogP contribution is 2.35. The summed E-state index contributed by atoms with van der Waals surface area (Å²) in [6.07, 6.45) is 0.810. The van der Waals surface area contributed by atoms with Gasteiger partial charge in [0, 0.05) is 12.5 Å². The van der Waals surface area contributed by atoms with Gasteiger partial charge < -0.3 is 19.9 Å². The molecule has 2 rings (SSSR count). The van der Waals surface area contributed by atoms with E-state index in [1.165, 1.54) is 18.2 Å². The van der Waals surface area contributed by atoms with Crippen molar-refractivity contribution in [3.8, 4) is 11.5 Å². The molecule has 2 N–H and O–H groups in total. The zero-order chi connectivity index (χ0) is 24.8. The summed E-state index contributed by atoms with van der Waals surface area (Å²) in [5, 5.41) is 12.9. The number of ether oxygens (including phenoxy) is 2. The minimum atomic E-state index is -0.584. The maximum atomic E-state index is 12.6. The Labute approximate surface area is 204 Å². The molecule has 2 aromatic rings. The number of hydrogen-bond acceptors (Lipinski definition) is 5. The van der Waals surface area contributed by atoms with Gasteiger partial charge in [-0.15, -0.1) is 0 Å². The highest BCUT2D eigenvalue weighted by Gasteiger charge is 2.24. The van der Waals surface area contributed by atoms with E-state index in [-0.39, 0.29) is 36.6 Å². The van der Waals surface area contributed by atoms with Crippen molar-refractivity contribution in [1.82, 2.24) is 5.32 Å². The quantitative estimate of drug-likeness (QED) is 0.460. The van der Waals surface area contributed by atoms with Gasteiger partial charge in [-0.05, 0) is 91.4 Å². The summed E-state index contributed by atoms with van der Waals surface area (Å²) in [5.41, 5.74) is 3.68. The number of carbonyl (C=O) groups is 2. The Kier molecular flexibility index (Phi) is 9.35. The standard InChI is InChI=1S/C26H34BrNO5/c1-16-7-8-18(9-17(16)2)10-20(15-33-25(31)26(3,4)5)14-28-23(29)13-19-11-21(27)24(30)22(12-19)32-6/h7-9,11-12,20,30H,10,13-15H2,1-6H3,(H,28,29). The molecule has 0 aliphatic carbocycles. The molecule has 0 aromatic heterocycles. The van der Waals surface area contributed by atoms with Gasteiger partial charge in [0.05, 0.1) is 30.0 Å². The fraction of sp³-hybridized carbons (Fsp3) is 0.462. The number of nitrogens with one attached hydrogen (secondary N) is 1. The molecule has 180 valence electrons. The van der Waals surface area contributed by atoms with Gasteiger partial charge in [-0.25, -0.2) is 0 Å². The van der Waals surface area contributed by atoms with E-state index >= 15 is 0 Å². The molecule has 33 heavy (non-hydrogen) atoms. The summed E-state index contributed by atoms with van der Waals surface area (Å²) in [5.74, 6) is -0.199. The fourth-order valence-electron chi connectivity index (χ4n) is 3.25. The second kappa shape index (κ2) is 11.5. The summed E-state index contributed by atoms with van der Waals surface area (Å²) in [6, 6.07) is 9.61. The number of benzene rings is 2. The molecule has 0 aliphatic heterocycles. The number of aromatic hydroxyl groups is 1. The van der Waals surface area contributed by atoms with Crippen LogP contribution in [0.1, 0.15) is 43.0 Å². The van der Waals surface area contributed by atoms with Crippen LogP contribution in [0.5, 0.6) is 11.5 Å². The van der Waals surface area contributed by atoms with Crippen LogP contribution in [0.4, 0.5) is 0 Å². The van der Waals surface area contributed by atoms with Gasteiger partial charge >= 0.3 is 5.97 Å². The lowest BCUT2D eigenvalue weighted by Crippen LogP contribution is -2.35. The lowest BCUT2D eigenvalue weighted by molar-refractivity contribution is -0.154. The minimum absolute atomic E-state index is 0.00391. The normalized spacial score (nSPS) is 12.2. The molecule has 1 atom stereocenters. The first-order valence-electron chi connectivity index (χ1n) is 11.0. The average molecular weight is 520 g/mol. The van der Waals surface area contributed by atoms with Gasteiger partial charge in [-0.3, -0.25) is 9.59 Å². The van der Waals surface area contributed by atoms with Crippen molar-refractivity contribution in [2.24, 2.45) is 11.3 Å². The molecule has 0 spiro atoms. The first kappa shape index (κ1) is 26.7. The van der Waals surface area contributed by atoms with Crippen LogP contribution in [0.3, 0.4) is 0 Å². The summed E-state index contributed by atoms with van der Waals surface area (Å²) in [7, 11) is 1.46. The van der Waals surface area contributed by atoms with E-state index in [2.05, 4.69) is 53.3 Å². The maximum absolute atomic E-state index is 12.6. The van der Waals surface area contributed by atoms with Gasteiger partial charge in [-0.1, -0.05) is 18.2 Å². The van der Waals surface area contributed by atoms with Crippen LogP contribution >= 0.6 is 15.9 Å². The van der Waals surface area contributed by atoms with Crippen LogP contribution in [0.2, 0.25) is 0 Å². The summed E-state index contributed by atoms with van der Waals surface area (Å²) < 4.78 is 11.2. The molecule has 2 aromatic carbocycles. The first-order chi connectivity index (χ1) is 15.4. The van der Waals surface area contributed by atoms with Crippen LogP contribution in [0.25, 0.3) is 0 Å². The van der Waals surface area contributed by atoms with E-state index in [9.17, 15) is 14.7 Å². The topological polar surface area (TPSA) is 84.9 Å². The Morgan fingerprint density at radius 3 is 2.39 bits per heavy atom. The maximum Gasteiger partial charge on any atom is 0.311 e. The van der Waals surface area contributed by atoms with E-state index in [0.29, 0.717) is 28.8 Å². The molecule has 6 nitrogen and oxygen atoms in total. The number of amides is 1. The van der Waals surface area contributed by atoms with E-state index in [1.54, 1.807) is 12.1 Å². The number of halogens is 1. The molecule has 0 radical (unpaired) electrons. The SMILES string of the molecule is COc1cc(CC(=O)NCC(COC(=O)C(C)(C)C)Cc2ccc(C)c(C)c2)cc(Br)c1O. The van der Waals surface area contributed by atoms with Crippen molar-refractivity contribution >= 4 is 27.8 Å². The third-order valence-corrected chi connectivity index (χ3v) is 6.02. The highest BCUT2D eigenvalue weighted by molar-refractivity contribution is 9.10. The monoisotopic (exact) mass is 519 g/mol. The Hall–Kier alpha value is -2.54. The number of hydrogen-bond donors (Lipinski definition) is 2. The Bertz CT molecular complexity index is 997. The van der Waals surface area contributed by atoms with E-state index in [4.69, 9.17) is 9.47 Å². The number of phenolic OH excluding ortho intramolecular Hbond substituents is 1. The van der Waals surface area contributed by atoms with Gasteiger partial charge in [0.15, 0.2) is 11.5 Å². The van der Waals surface area contributed by atoms with E-state index in [1.807, 2.05) is 20.8 Å². The van der Waals surface area contributed by atoms with Crippen molar-refractivity contribution in [2.75, 3.05) is 20.3 Å². The third-order valence-electron chi connectivity index (χ3n) is 5.42. The zero-order valence-corrected chi connectivity index (χ0v) is 21.8.